The molecule has 0 amide bonds. The summed E-state index contributed by atoms with van der Waals surface area (Å²) < 4.78 is 10.4. The first-order valence-corrected chi connectivity index (χ1v) is 6.96. The van der Waals surface area contributed by atoms with E-state index >= 15 is 0 Å². The van der Waals surface area contributed by atoms with E-state index in [4.69, 9.17) is 15.2 Å². The molecule has 112 valence electrons. The maximum atomic E-state index is 11.6. The number of ether oxygens (including phenoxy) is 2. The molecule has 0 spiro atoms. The lowest BCUT2D eigenvalue weighted by Gasteiger charge is -2.11. The highest BCUT2D eigenvalue weighted by Gasteiger charge is 2.08. The van der Waals surface area contributed by atoms with Crippen molar-refractivity contribution in [2.75, 3.05) is 30.8 Å². The van der Waals surface area contributed by atoms with Gasteiger partial charge in [-0.15, -0.1) is 0 Å². The molecular weight excluding hydrogens is 256 g/mol. The van der Waals surface area contributed by atoms with E-state index in [2.05, 4.69) is 5.32 Å². The summed E-state index contributed by atoms with van der Waals surface area (Å²) >= 11 is 0. The highest BCUT2D eigenvalue weighted by molar-refractivity contribution is 5.91. The molecule has 1 aromatic rings. The molecule has 5 nitrogen and oxygen atoms in total. The summed E-state index contributed by atoms with van der Waals surface area (Å²) in [5.74, 6) is -0.351. The van der Waals surface area contributed by atoms with Gasteiger partial charge in [0.1, 0.15) is 0 Å². The SMILES string of the molecule is CCOC(=O)c1ccc(NCCCOC(C)C)c(N)c1. The molecule has 0 aliphatic rings. The monoisotopic (exact) mass is 280 g/mol. The third kappa shape index (κ3) is 5.48. The molecular formula is C15H24N2O3. The van der Waals surface area contributed by atoms with Crippen LogP contribution in [0.4, 0.5) is 11.4 Å². The number of anilines is 2. The molecule has 20 heavy (non-hydrogen) atoms. The molecule has 1 rings (SSSR count). The Hall–Kier alpha value is -1.75. The third-order valence-corrected chi connectivity index (χ3v) is 2.65. The summed E-state index contributed by atoms with van der Waals surface area (Å²) in [6, 6.07) is 5.14. The maximum absolute atomic E-state index is 11.6. The Labute approximate surface area is 120 Å². The van der Waals surface area contributed by atoms with Gasteiger partial charge in [-0.1, -0.05) is 0 Å². The standard InChI is InChI=1S/C15H24N2O3/c1-4-19-15(18)12-6-7-14(13(16)10-12)17-8-5-9-20-11(2)3/h6-7,10-11,17H,4-5,8-9,16H2,1-3H3. The Kier molecular flexibility index (Phi) is 6.87. The van der Waals surface area contributed by atoms with Gasteiger partial charge < -0.3 is 20.5 Å². The Morgan fingerprint density at radius 1 is 1.40 bits per heavy atom. The van der Waals surface area contributed by atoms with Gasteiger partial charge in [-0.2, -0.15) is 0 Å². The molecule has 5 heteroatoms. The molecule has 0 heterocycles. The molecule has 0 saturated heterocycles. The van der Waals surface area contributed by atoms with Crippen LogP contribution in [0.1, 0.15) is 37.6 Å². The van der Waals surface area contributed by atoms with E-state index in [1.54, 1.807) is 25.1 Å². The van der Waals surface area contributed by atoms with E-state index < -0.39 is 0 Å². The second-order valence-electron chi connectivity index (χ2n) is 4.72. The summed E-state index contributed by atoms with van der Waals surface area (Å²) in [6.45, 7) is 7.64. The van der Waals surface area contributed by atoms with Gasteiger partial charge in [-0.25, -0.2) is 4.79 Å². The smallest absolute Gasteiger partial charge is 0.338 e. The van der Waals surface area contributed by atoms with Crippen molar-refractivity contribution < 1.29 is 14.3 Å². The predicted octanol–water partition coefficient (Wildman–Crippen LogP) is 2.67. The number of rotatable bonds is 8. The maximum Gasteiger partial charge on any atom is 0.338 e. The Balaban J connectivity index is 2.45. The highest BCUT2D eigenvalue weighted by Crippen LogP contribution is 2.20. The lowest BCUT2D eigenvalue weighted by Crippen LogP contribution is -2.11. The highest BCUT2D eigenvalue weighted by atomic mass is 16.5. The lowest BCUT2D eigenvalue weighted by molar-refractivity contribution is 0.0526. The fourth-order valence-electron chi connectivity index (χ4n) is 1.68. The molecule has 0 radical (unpaired) electrons. The number of esters is 1. The quantitative estimate of drug-likeness (QED) is 0.435. The van der Waals surface area contributed by atoms with Crippen LogP contribution in [-0.2, 0) is 9.47 Å². The van der Waals surface area contributed by atoms with Crippen molar-refractivity contribution in [2.24, 2.45) is 0 Å². The van der Waals surface area contributed by atoms with Crippen molar-refractivity contribution in [2.45, 2.75) is 33.3 Å². The van der Waals surface area contributed by atoms with Gasteiger partial charge in [0.05, 0.1) is 29.6 Å². The minimum Gasteiger partial charge on any atom is -0.462 e. The van der Waals surface area contributed by atoms with Gasteiger partial charge in [0.2, 0.25) is 0 Å². The molecule has 0 aliphatic carbocycles. The molecule has 1 aromatic carbocycles. The van der Waals surface area contributed by atoms with Crippen LogP contribution >= 0.6 is 0 Å². The number of hydrogen-bond acceptors (Lipinski definition) is 5. The molecule has 3 N–H and O–H groups in total. The van der Waals surface area contributed by atoms with Crippen LogP contribution in [0.25, 0.3) is 0 Å². The first-order valence-electron chi connectivity index (χ1n) is 6.96. The summed E-state index contributed by atoms with van der Waals surface area (Å²) in [4.78, 5) is 11.6. The Morgan fingerprint density at radius 2 is 2.15 bits per heavy atom. The second-order valence-corrected chi connectivity index (χ2v) is 4.72. The van der Waals surface area contributed by atoms with Gasteiger partial charge in [-0.3, -0.25) is 0 Å². The topological polar surface area (TPSA) is 73.6 Å². The van der Waals surface area contributed by atoms with Crippen molar-refractivity contribution >= 4 is 17.3 Å². The van der Waals surface area contributed by atoms with Crippen molar-refractivity contribution in [1.29, 1.82) is 0 Å². The van der Waals surface area contributed by atoms with Crippen LogP contribution in [0, 0.1) is 0 Å². The average molecular weight is 280 g/mol. The van der Waals surface area contributed by atoms with Crippen LogP contribution in [0.3, 0.4) is 0 Å². The minimum atomic E-state index is -0.351. The third-order valence-electron chi connectivity index (χ3n) is 2.65. The Bertz CT molecular complexity index is 433. The van der Waals surface area contributed by atoms with Crippen LogP contribution in [-0.4, -0.2) is 31.8 Å². The number of nitrogens with two attached hydrogens (primary N) is 1. The summed E-state index contributed by atoms with van der Waals surface area (Å²) in [6.07, 6.45) is 1.15. The number of carbonyl (C=O) groups is 1. The number of benzene rings is 1. The van der Waals surface area contributed by atoms with Crippen LogP contribution < -0.4 is 11.1 Å². The zero-order chi connectivity index (χ0) is 15.0. The van der Waals surface area contributed by atoms with Crippen LogP contribution in [0.5, 0.6) is 0 Å². The predicted molar refractivity (Wildman–Crippen MR) is 81.0 cm³/mol. The van der Waals surface area contributed by atoms with Crippen LogP contribution in [0.15, 0.2) is 18.2 Å². The fraction of sp³-hybridized carbons (Fsp3) is 0.533. The van der Waals surface area contributed by atoms with Crippen molar-refractivity contribution in [1.82, 2.24) is 0 Å². The van der Waals surface area contributed by atoms with E-state index in [1.807, 2.05) is 13.8 Å². The number of carbonyl (C=O) groups excluding carboxylic acids is 1. The molecule has 0 aromatic heterocycles. The summed E-state index contributed by atoms with van der Waals surface area (Å²) in [5, 5.41) is 3.23. The molecule has 0 unspecified atom stereocenters. The summed E-state index contributed by atoms with van der Waals surface area (Å²) in [5.41, 5.74) is 7.75. The number of nitrogen functional groups attached to an aromatic ring is 1. The van der Waals surface area contributed by atoms with Gasteiger partial charge in [0.25, 0.3) is 0 Å². The Morgan fingerprint density at radius 3 is 2.75 bits per heavy atom. The zero-order valence-corrected chi connectivity index (χ0v) is 12.4. The molecule has 0 fully saturated rings. The first kappa shape index (κ1) is 16.3. The molecule has 0 saturated carbocycles. The summed E-state index contributed by atoms with van der Waals surface area (Å²) in [7, 11) is 0. The number of hydrogen-bond donors (Lipinski definition) is 2. The normalized spacial score (nSPS) is 10.6. The van der Waals surface area contributed by atoms with Gasteiger partial charge in [-0.05, 0) is 45.4 Å². The molecule has 0 aliphatic heterocycles. The largest absolute Gasteiger partial charge is 0.462 e. The van der Waals surface area contributed by atoms with E-state index in [0.717, 1.165) is 18.7 Å². The molecule has 0 bridgehead atoms. The first-order chi connectivity index (χ1) is 9.54. The van der Waals surface area contributed by atoms with Gasteiger partial charge >= 0.3 is 5.97 Å². The van der Waals surface area contributed by atoms with E-state index in [9.17, 15) is 4.79 Å². The van der Waals surface area contributed by atoms with Crippen molar-refractivity contribution in [3.63, 3.8) is 0 Å². The number of nitrogens with one attached hydrogen (secondary N) is 1. The van der Waals surface area contributed by atoms with Crippen LogP contribution in [0.2, 0.25) is 0 Å². The fourth-order valence-corrected chi connectivity index (χ4v) is 1.68. The van der Waals surface area contributed by atoms with E-state index in [1.165, 1.54) is 0 Å². The minimum absolute atomic E-state index is 0.254. The zero-order valence-electron chi connectivity index (χ0n) is 12.4. The van der Waals surface area contributed by atoms with E-state index in [0.29, 0.717) is 24.5 Å². The second kappa shape index (κ2) is 8.43. The van der Waals surface area contributed by atoms with Crippen molar-refractivity contribution in [3.05, 3.63) is 23.8 Å². The lowest BCUT2D eigenvalue weighted by atomic mass is 10.1. The van der Waals surface area contributed by atoms with Crippen molar-refractivity contribution in [3.8, 4) is 0 Å². The van der Waals surface area contributed by atoms with Gasteiger partial charge in [0.15, 0.2) is 0 Å². The average Bonchev–Trinajstić information content (AvgIpc) is 2.39. The molecule has 0 atom stereocenters. The van der Waals surface area contributed by atoms with E-state index in [-0.39, 0.29) is 12.1 Å². The van der Waals surface area contributed by atoms with Gasteiger partial charge in [0, 0.05) is 13.2 Å².